The van der Waals surface area contributed by atoms with Crippen LogP contribution in [-0.2, 0) is 0 Å². The molecular formula is C13H18BrN3O2. The van der Waals surface area contributed by atoms with Gasteiger partial charge in [-0.2, -0.15) is 0 Å². The van der Waals surface area contributed by atoms with Crippen LogP contribution in [0.2, 0.25) is 0 Å². The Kier molecular flexibility index (Phi) is 4.79. The molecule has 1 aliphatic heterocycles. The van der Waals surface area contributed by atoms with Crippen molar-refractivity contribution in [2.45, 2.75) is 0 Å². The van der Waals surface area contributed by atoms with Gasteiger partial charge in [0.05, 0.1) is 16.6 Å². The van der Waals surface area contributed by atoms with Gasteiger partial charge in [-0.05, 0) is 28.1 Å². The van der Waals surface area contributed by atoms with Crippen LogP contribution in [0.3, 0.4) is 0 Å². The Morgan fingerprint density at radius 1 is 1.32 bits per heavy atom. The van der Waals surface area contributed by atoms with Gasteiger partial charge in [-0.25, -0.2) is 0 Å². The second-order valence-corrected chi connectivity index (χ2v) is 5.36. The summed E-state index contributed by atoms with van der Waals surface area (Å²) in [6, 6.07) is 5.33. The molecule has 0 atom stereocenters. The third-order valence-corrected chi connectivity index (χ3v) is 4.22. The average Bonchev–Trinajstić information content (AvgIpc) is 2.42. The Morgan fingerprint density at radius 2 is 2.00 bits per heavy atom. The second-order valence-electron chi connectivity index (χ2n) is 4.57. The second kappa shape index (κ2) is 6.36. The first-order valence-electron chi connectivity index (χ1n) is 6.30. The van der Waals surface area contributed by atoms with Gasteiger partial charge in [0.25, 0.3) is 5.91 Å². The first-order chi connectivity index (χ1) is 9.13. The zero-order chi connectivity index (χ0) is 13.8. The van der Waals surface area contributed by atoms with Gasteiger partial charge < -0.3 is 15.7 Å². The Labute approximate surface area is 121 Å². The minimum absolute atomic E-state index is 0.00261. The predicted octanol–water partition coefficient (Wildman–Crippen LogP) is 0.781. The lowest BCUT2D eigenvalue weighted by Gasteiger charge is -2.34. The van der Waals surface area contributed by atoms with Crippen molar-refractivity contribution >= 4 is 27.5 Å². The van der Waals surface area contributed by atoms with Gasteiger partial charge in [0.15, 0.2) is 0 Å². The zero-order valence-electron chi connectivity index (χ0n) is 10.7. The molecule has 1 fully saturated rings. The number of nitrogen functional groups attached to an aromatic ring is 1. The van der Waals surface area contributed by atoms with Crippen LogP contribution < -0.4 is 5.73 Å². The van der Waals surface area contributed by atoms with Gasteiger partial charge in [-0.15, -0.1) is 0 Å². The normalized spacial score (nSPS) is 16.6. The molecule has 0 aliphatic carbocycles. The Hall–Kier alpha value is -1.11. The SMILES string of the molecule is Nc1cccc(C(=O)N2CCN(CCO)CC2)c1Br. The van der Waals surface area contributed by atoms with E-state index >= 15 is 0 Å². The van der Waals surface area contributed by atoms with Crippen molar-refractivity contribution in [1.29, 1.82) is 0 Å². The highest BCUT2D eigenvalue weighted by atomic mass is 79.9. The van der Waals surface area contributed by atoms with Gasteiger partial charge in [0, 0.05) is 38.4 Å². The molecule has 1 aromatic rings. The van der Waals surface area contributed by atoms with Gasteiger partial charge in [-0.1, -0.05) is 6.07 Å². The number of carbonyl (C=O) groups is 1. The number of β-amino-alcohol motifs (C(OH)–C–C–N with tert-alkyl or cyclic N) is 1. The molecule has 1 amide bonds. The van der Waals surface area contributed by atoms with Crippen molar-refractivity contribution in [3.63, 3.8) is 0 Å². The molecule has 0 saturated carbocycles. The summed E-state index contributed by atoms with van der Waals surface area (Å²) in [6.07, 6.45) is 0. The molecule has 0 unspecified atom stereocenters. The van der Waals surface area contributed by atoms with Crippen molar-refractivity contribution in [3.8, 4) is 0 Å². The Bertz CT molecular complexity index is 459. The van der Waals surface area contributed by atoms with E-state index in [4.69, 9.17) is 10.8 Å². The van der Waals surface area contributed by atoms with Crippen LogP contribution in [0.15, 0.2) is 22.7 Å². The third kappa shape index (κ3) is 3.26. The summed E-state index contributed by atoms with van der Waals surface area (Å²) in [5, 5.41) is 8.90. The van der Waals surface area contributed by atoms with Crippen molar-refractivity contribution in [1.82, 2.24) is 9.80 Å². The van der Waals surface area contributed by atoms with Crippen molar-refractivity contribution in [3.05, 3.63) is 28.2 Å². The number of aliphatic hydroxyl groups is 1. The molecule has 2 rings (SSSR count). The van der Waals surface area contributed by atoms with Gasteiger partial charge in [0.2, 0.25) is 0 Å². The van der Waals surface area contributed by atoms with Crippen LogP contribution in [0.5, 0.6) is 0 Å². The maximum absolute atomic E-state index is 12.4. The largest absolute Gasteiger partial charge is 0.398 e. The van der Waals surface area contributed by atoms with E-state index in [9.17, 15) is 4.79 Å². The number of aliphatic hydroxyl groups excluding tert-OH is 1. The van der Waals surface area contributed by atoms with Crippen LogP contribution in [0.1, 0.15) is 10.4 Å². The summed E-state index contributed by atoms with van der Waals surface area (Å²) in [5.41, 5.74) is 6.98. The highest BCUT2D eigenvalue weighted by molar-refractivity contribution is 9.10. The number of nitrogens with zero attached hydrogens (tertiary/aromatic N) is 2. The molecule has 0 radical (unpaired) electrons. The number of anilines is 1. The molecule has 0 aromatic heterocycles. The van der Waals surface area contributed by atoms with E-state index in [2.05, 4.69) is 20.8 Å². The maximum Gasteiger partial charge on any atom is 0.255 e. The molecule has 19 heavy (non-hydrogen) atoms. The molecule has 0 bridgehead atoms. The van der Waals surface area contributed by atoms with E-state index in [0.29, 0.717) is 35.4 Å². The van der Waals surface area contributed by atoms with Crippen molar-refractivity contribution < 1.29 is 9.90 Å². The molecule has 1 saturated heterocycles. The van der Waals surface area contributed by atoms with Gasteiger partial charge >= 0.3 is 0 Å². The summed E-state index contributed by atoms with van der Waals surface area (Å²) in [5.74, 6) is 0.00261. The van der Waals surface area contributed by atoms with E-state index < -0.39 is 0 Å². The van der Waals surface area contributed by atoms with Crippen LogP contribution in [0.25, 0.3) is 0 Å². The fraction of sp³-hybridized carbons (Fsp3) is 0.462. The minimum atomic E-state index is 0.00261. The molecule has 6 heteroatoms. The summed E-state index contributed by atoms with van der Waals surface area (Å²) in [6.45, 7) is 3.79. The quantitative estimate of drug-likeness (QED) is 0.805. The number of carbonyl (C=O) groups excluding carboxylic acids is 1. The van der Waals surface area contributed by atoms with Crippen LogP contribution in [-0.4, -0.2) is 60.1 Å². The number of piperazine rings is 1. The number of amides is 1. The van der Waals surface area contributed by atoms with Crippen LogP contribution in [0.4, 0.5) is 5.69 Å². The lowest BCUT2D eigenvalue weighted by Crippen LogP contribution is -2.49. The molecule has 1 aliphatic rings. The first-order valence-corrected chi connectivity index (χ1v) is 7.09. The molecule has 1 heterocycles. The van der Waals surface area contributed by atoms with E-state index in [-0.39, 0.29) is 12.5 Å². The standard InChI is InChI=1S/C13H18BrN3O2/c14-12-10(2-1-3-11(12)15)13(19)17-6-4-16(5-7-17)8-9-18/h1-3,18H,4-9,15H2. The first kappa shape index (κ1) is 14.3. The number of halogens is 1. The lowest BCUT2D eigenvalue weighted by molar-refractivity contribution is 0.0614. The minimum Gasteiger partial charge on any atom is -0.398 e. The molecular weight excluding hydrogens is 310 g/mol. The molecule has 5 nitrogen and oxygen atoms in total. The van der Waals surface area contributed by atoms with E-state index in [1.54, 1.807) is 18.2 Å². The zero-order valence-corrected chi connectivity index (χ0v) is 12.3. The number of hydrogen-bond donors (Lipinski definition) is 2. The molecule has 104 valence electrons. The number of benzene rings is 1. The monoisotopic (exact) mass is 327 g/mol. The highest BCUT2D eigenvalue weighted by Gasteiger charge is 2.23. The van der Waals surface area contributed by atoms with Crippen LogP contribution >= 0.6 is 15.9 Å². The fourth-order valence-corrected chi connectivity index (χ4v) is 2.64. The van der Waals surface area contributed by atoms with E-state index in [1.807, 2.05) is 4.90 Å². The maximum atomic E-state index is 12.4. The predicted molar refractivity (Wildman–Crippen MR) is 78.0 cm³/mol. The summed E-state index contributed by atoms with van der Waals surface area (Å²) < 4.78 is 0.665. The average molecular weight is 328 g/mol. The smallest absolute Gasteiger partial charge is 0.255 e. The van der Waals surface area contributed by atoms with E-state index in [1.165, 1.54) is 0 Å². The topological polar surface area (TPSA) is 69.8 Å². The number of rotatable bonds is 3. The fourth-order valence-electron chi connectivity index (χ4n) is 2.20. The van der Waals surface area contributed by atoms with Crippen molar-refractivity contribution in [2.75, 3.05) is 45.1 Å². The van der Waals surface area contributed by atoms with Crippen molar-refractivity contribution in [2.24, 2.45) is 0 Å². The van der Waals surface area contributed by atoms with Gasteiger partial charge in [0.1, 0.15) is 0 Å². The summed E-state index contributed by atoms with van der Waals surface area (Å²) in [7, 11) is 0. The van der Waals surface area contributed by atoms with Gasteiger partial charge in [-0.3, -0.25) is 9.69 Å². The molecule has 1 aromatic carbocycles. The van der Waals surface area contributed by atoms with Crippen LogP contribution in [0, 0.1) is 0 Å². The lowest BCUT2D eigenvalue weighted by atomic mass is 10.1. The molecule has 0 spiro atoms. The number of nitrogens with two attached hydrogens (primary N) is 1. The Balaban J connectivity index is 2.03. The summed E-state index contributed by atoms with van der Waals surface area (Å²) >= 11 is 3.37. The molecule has 3 N–H and O–H groups in total. The highest BCUT2D eigenvalue weighted by Crippen LogP contribution is 2.25. The number of hydrogen-bond acceptors (Lipinski definition) is 4. The Morgan fingerprint density at radius 3 is 2.63 bits per heavy atom. The van der Waals surface area contributed by atoms with E-state index in [0.717, 1.165) is 13.1 Å². The third-order valence-electron chi connectivity index (χ3n) is 3.33. The summed E-state index contributed by atoms with van der Waals surface area (Å²) in [4.78, 5) is 16.4.